The monoisotopic (exact) mass is 312 g/mol. The van der Waals surface area contributed by atoms with Crippen molar-refractivity contribution in [2.75, 3.05) is 5.32 Å². The third-order valence-electron chi connectivity index (χ3n) is 2.92. The Labute approximate surface area is 133 Å². The highest BCUT2D eigenvalue weighted by Gasteiger charge is 2.10. The molecule has 0 atom stereocenters. The van der Waals surface area contributed by atoms with Gasteiger partial charge in [-0.25, -0.2) is 0 Å². The summed E-state index contributed by atoms with van der Waals surface area (Å²) in [6, 6.07) is 13.6. The molecule has 0 unspecified atom stereocenters. The van der Waals surface area contributed by atoms with Crippen molar-refractivity contribution in [3.05, 3.63) is 64.2 Å². The van der Waals surface area contributed by atoms with Gasteiger partial charge in [0.05, 0.1) is 5.02 Å². The first kappa shape index (κ1) is 15.6. The van der Waals surface area contributed by atoms with E-state index in [2.05, 4.69) is 5.32 Å². The molecule has 0 heterocycles. The third-order valence-corrected chi connectivity index (χ3v) is 3.23. The molecule has 0 aliphatic heterocycles. The van der Waals surface area contributed by atoms with Gasteiger partial charge in [0.1, 0.15) is 17.4 Å². The van der Waals surface area contributed by atoms with Gasteiger partial charge in [-0.1, -0.05) is 29.8 Å². The van der Waals surface area contributed by atoms with Gasteiger partial charge in [0, 0.05) is 5.69 Å². The smallest absolute Gasteiger partial charge is 0.266 e. The van der Waals surface area contributed by atoms with Crippen LogP contribution in [0.4, 0.5) is 5.69 Å². The van der Waals surface area contributed by atoms with Crippen LogP contribution in [-0.4, -0.2) is 11.0 Å². The molecule has 0 fully saturated rings. The number of hydrogen-bond acceptors (Lipinski definition) is 3. The van der Waals surface area contributed by atoms with Crippen LogP contribution in [0.15, 0.2) is 48.0 Å². The first-order chi connectivity index (χ1) is 10.5. The number of aromatic hydroxyl groups is 1. The van der Waals surface area contributed by atoms with Crippen LogP contribution in [-0.2, 0) is 4.79 Å². The number of nitrogens with zero attached hydrogens (tertiary/aromatic N) is 1. The largest absolute Gasteiger partial charge is 0.506 e. The zero-order valence-electron chi connectivity index (χ0n) is 11.8. The second kappa shape index (κ2) is 6.79. The summed E-state index contributed by atoms with van der Waals surface area (Å²) in [5.74, 6) is -0.557. The van der Waals surface area contributed by atoms with E-state index in [4.69, 9.17) is 16.9 Å². The van der Waals surface area contributed by atoms with Crippen molar-refractivity contribution in [3.8, 4) is 11.8 Å². The Hall–Kier alpha value is -2.77. The van der Waals surface area contributed by atoms with Gasteiger partial charge in [-0.3, -0.25) is 4.79 Å². The number of aryl methyl sites for hydroxylation is 1. The average Bonchev–Trinajstić information content (AvgIpc) is 2.48. The summed E-state index contributed by atoms with van der Waals surface area (Å²) in [7, 11) is 0. The lowest BCUT2D eigenvalue weighted by molar-refractivity contribution is -0.112. The lowest BCUT2D eigenvalue weighted by Gasteiger charge is -2.05. The normalized spacial score (nSPS) is 10.9. The summed E-state index contributed by atoms with van der Waals surface area (Å²) >= 11 is 5.80. The van der Waals surface area contributed by atoms with Crippen LogP contribution in [0.1, 0.15) is 11.1 Å². The summed E-state index contributed by atoms with van der Waals surface area (Å²) in [5.41, 5.74) is 2.13. The Balaban J connectivity index is 2.23. The fraction of sp³-hybridized carbons (Fsp3) is 0.0588. The van der Waals surface area contributed by atoms with Gasteiger partial charge >= 0.3 is 0 Å². The lowest BCUT2D eigenvalue weighted by Crippen LogP contribution is -2.13. The molecule has 0 saturated carbocycles. The van der Waals surface area contributed by atoms with E-state index in [1.807, 2.05) is 31.2 Å². The average molecular weight is 313 g/mol. The van der Waals surface area contributed by atoms with E-state index in [9.17, 15) is 9.90 Å². The number of halogens is 1. The maximum atomic E-state index is 12.1. The van der Waals surface area contributed by atoms with E-state index in [0.29, 0.717) is 11.3 Å². The van der Waals surface area contributed by atoms with Gasteiger partial charge in [0.15, 0.2) is 0 Å². The fourth-order valence-corrected chi connectivity index (χ4v) is 2.04. The van der Waals surface area contributed by atoms with E-state index in [1.54, 1.807) is 12.1 Å². The van der Waals surface area contributed by atoms with E-state index in [-0.39, 0.29) is 16.3 Å². The molecule has 0 aliphatic rings. The topological polar surface area (TPSA) is 73.1 Å². The van der Waals surface area contributed by atoms with Crippen LogP contribution in [0.2, 0.25) is 5.02 Å². The standard InChI is InChI=1S/C17H13ClN2O2/c1-11-3-2-4-14(7-11)20-17(22)13(10-19)8-12-5-6-16(21)15(18)9-12/h2-9,21H,1H3,(H,20,22). The summed E-state index contributed by atoms with van der Waals surface area (Å²) < 4.78 is 0. The van der Waals surface area contributed by atoms with Gasteiger partial charge < -0.3 is 10.4 Å². The Morgan fingerprint density at radius 2 is 2.09 bits per heavy atom. The van der Waals surface area contributed by atoms with Crippen molar-refractivity contribution in [1.82, 2.24) is 0 Å². The van der Waals surface area contributed by atoms with E-state index in [0.717, 1.165) is 5.56 Å². The van der Waals surface area contributed by atoms with Gasteiger partial charge in [-0.05, 0) is 48.4 Å². The number of rotatable bonds is 3. The van der Waals surface area contributed by atoms with Crippen molar-refractivity contribution >= 4 is 29.3 Å². The van der Waals surface area contributed by atoms with E-state index in [1.165, 1.54) is 18.2 Å². The highest BCUT2D eigenvalue weighted by molar-refractivity contribution is 6.32. The number of phenols is 1. The van der Waals surface area contributed by atoms with E-state index >= 15 is 0 Å². The third kappa shape index (κ3) is 3.87. The Morgan fingerprint density at radius 3 is 2.73 bits per heavy atom. The Bertz CT molecular complexity index is 791. The minimum atomic E-state index is -0.503. The Morgan fingerprint density at radius 1 is 1.32 bits per heavy atom. The molecular formula is C17H13ClN2O2. The van der Waals surface area contributed by atoms with Gasteiger partial charge in [0.25, 0.3) is 5.91 Å². The molecule has 1 amide bonds. The number of nitrogens with one attached hydrogen (secondary N) is 1. The predicted octanol–water partition coefficient (Wildman–Crippen LogP) is 3.90. The number of hydrogen-bond donors (Lipinski definition) is 2. The van der Waals surface area contributed by atoms with Crippen molar-refractivity contribution in [2.24, 2.45) is 0 Å². The molecule has 22 heavy (non-hydrogen) atoms. The van der Waals surface area contributed by atoms with Crippen molar-refractivity contribution in [3.63, 3.8) is 0 Å². The quantitative estimate of drug-likeness (QED) is 0.667. The molecule has 0 radical (unpaired) electrons. The lowest BCUT2D eigenvalue weighted by atomic mass is 10.1. The summed E-state index contributed by atoms with van der Waals surface area (Å²) in [5, 5.41) is 21.3. The zero-order valence-corrected chi connectivity index (χ0v) is 12.6. The second-order valence-electron chi connectivity index (χ2n) is 4.70. The number of carbonyl (C=O) groups is 1. The molecule has 0 bridgehead atoms. The van der Waals surface area contributed by atoms with Crippen LogP contribution >= 0.6 is 11.6 Å². The van der Waals surface area contributed by atoms with Crippen molar-refractivity contribution < 1.29 is 9.90 Å². The Kier molecular flexibility index (Phi) is 4.82. The number of phenolic OH excluding ortho intramolecular Hbond substituents is 1. The number of anilines is 1. The van der Waals surface area contributed by atoms with Crippen LogP contribution < -0.4 is 5.32 Å². The first-order valence-corrected chi connectivity index (χ1v) is 6.86. The highest BCUT2D eigenvalue weighted by atomic mass is 35.5. The molecule has 0 spiro atoms. The zero-order chi connectivity index (χ0) is 16.1. The molecule has 4 nitrogen and oxygen atoms in total. The van der Waals surface area contributed by atoms with E-state index < -0.39 is 5.91 Å². The number of benzene rings is 2. The van der Waals surface area contributed by atoms with Crippen LogP contribution in [0, 0.1) is 18.3 Å². The van der Waals surface area contributed by atoms with Crippen LogP contribution in [0.3, 0.4) is 0 Å². The number of carbonyl (C=O) groups excluding carboxylic acids is 1. The second-order valence-corrected chi connectivity index (χ2v) is 5.11. The molecule has 2 N–H and O–H groups in total. The van der Waals surface area contributed by atoms with Crippen molar-refractivity contribution in [1.29, 1.82) is 5.26 Å². The summed E-state index contributed by atoms with van der Waals surface area (Å²) in [6.45, 7) is 1.91. The van der Waals surface area contributed by atoms with Gasteiger partial charge in [-0.15, -0.1) is 0 Å². The summed E-state index contributed by atoms with van der Waals surface area (Å²) in [6.07, 6.45) is 1.41. The molecule has 0 saturated heterocycles. The number of nitriles is 1. The highest BCUT2D eigenvalue weighted by Crippen LogP contribution is 2.24. The maximum Gasteiger partial charge on any atom is 0.266 e. The van der Waals surface area contributed by atoms with Crippen LogP contribution in [0.5, 0.6) is 5.75 Å². The molecule has 0 aliphatic carbocycles. The molecule has 110 valence electrons. The maximum absolute atomic E-state index is 12.1. The number of amides is 1. The minimum absolute atomic E-state index is 0.0525. The SMILES string of the molecule is Cc1cccc(NC(=O)C(C#N)=Cc2ccc(O)c(Cl)c2)c1. The molecule has 5 heteroatoms. The molecule has 2 aromatic rings. The molecule has 2 aromatic carbocycles. The first-order valence-electron chi connectivity index (χ1n) is 6.48. The molecular weight excluding hydrogens is 300 g/mol. The molecule has 0 aromatic heterocycles. The van der Waals surface area contributed by atoms with Gasteiger partial charge in [0.2, 0.25) is 0 Å². The predicted molar refractivity (Wildman–Crippen MR) is 86.5 cm³/mol. The van der Waals surface area contributed by atoms with Crippen LogP contribution in [0.25, 0.3) is 6.08 Å². The van der Waals surface area contributed by atoms with Crippen molar-refractivity contribution in [2.45, 2.75) is 6.92 Å². The fourth-order valence-electron chi connectivity index (χ4n) is 1.85. The minimum Gasteiger partial charge on any atom is -0.506 e. The van der Waals surface area contributed by atoms with Gasteiger partial charge in [-0.2, -0.15) is 5.26 Å². The molecule has 2 rings (SSSR count). The summed E-state index contributed by atoms with van der Waals surface area (Å²) in [4.78, 5) is 12.1.